The molecule has 0 unspecified atom stereocenters. The molecule has 5 heteroatoms. The molecule has 102 valence electrons. The molecule has 0 aliphatic rings. The molecular weight excluding hydrogens is 318 g/mol. The van der Waals surface area contributed by atoms with Crippen molar-refractivity contribution in [1.82, 2.24) is 9.78 Å². The molecule has 0 fully saturated rings. The molecular formula is C15H14BrN3O. The molecule has 0 spiro atoms. The highest BCUT2D eigenvalue weighted by Crippen LogP contribution is 2.27. The second-order valence-electron chi connectivity index (χ2n) is 4.76. The van der Waals surface area contributed by atoms with Crippen LogP contribution < -0.4 is 5.73 Å². The number of nitrogens with two attached hydrogens (primary N) is 1. The molecule has 0 atom stereocenters. The van der Waals surface area contributed by atoms with E-state index in [0.29, 0.717) is 21.9 Å². The maximum Gasteiger partial charge on any atom is 0.169 e. The summed E-state index contributed by atoms with van der Waals surface area (Å²) in [6.07, 6.45) is 0. The van der Waals surface area contributed by atoms with Crippen molar-refractivity contribution in [3.63, 3.8) is 0 Å². The average molecular weight is 332 g/mol. The minimum absolute atomic E-state index is 0.584. The quantitative estimate of drug-likeness (QED) is 0.769. The Labute approximate surface area is 125 Å². The number of rotatable bonds is 2. The van der Waals surface area contributed by atoms with Gasteiger partial charge in [0, 0.05) is 6.07 Å². The second kappa shape index (κ2) is 4.83. The molecule has 2 heterocycles. The van der Waals surface area contributed by atoms with E-state index in [0.717, 1.165) is 11.3 Å². The highest BCUT2D eigenvalue weighted by atomic mass is 79.9. The molecule has 3 aromatic rings. The number of hydrogen-bond donors (Lipinski definition) is 1. The van der Waals surface area contributed by atoms with E-state index in [1.54, 1.807) is 4.68 Å². The normalized spacial score (nSPS) is 10.9. The lowest BCUT2D eigenvalue weighted by atomic mass is 10.1. The largest absolute Gasteiger partial charge is 0.448 e. The predicted octanol–water partition coefficient (Wildman–Crippen LogP) is 4.09. The summed E-state index contributed by atoms with van der Waals surface area (Å²) in [6, 6.07) is 11.7. The summed E-state index contributed by atoms with van der Waals surface area (Å²) in [6.45, 7) is 4.09. The molecule has 0 radical (unpaired) electrons. The topological polar surface area (TPSA) is 57.0 Å². The van der Waals surface area contributed by atoms with E-state index >= 15 is 0 Å². The summed E-state index contributed by atoms with van der Waals surface area (Å²) >= 11 is 3.29. The van der Waals surface area contributed by atoms with Gasteiger partial charge >= 0.3 is 0 Å². The van der Waals surface area contributed by atoms with E-state index in [1.807, 2.05) is 32.0 Å². The van der Waals surface area contributed by atoms with Crippen LogP contribution in [0.4, 0.5) is 5.82 Å². The Hall–Kier alpha value is -2.01. The van der Waals surface area contributed by atoms with Crippen molar-refractivity contribution in [3.05, 3.63) is 52.2 Å². The lowest BCUT2D eigenvalue weighted by Gasteiger charge is -2.08. The first-order valence-electron chi connectivity index (χ1n) is 6.23. The van der Waals surface area contributed by atoms with Crippen LogP contribution in [0.3, 0.4) is 0 Å². The Bertz CT molecular complexity index is 773. The van der Waals surface area contributed by atoms with E-state index in [9.17, 15) is 0 Å². The first kappa shape index (κ1) is 13.0. The summed E-state index contributed by atoms with van der Waals surface area (Å²) in [7, 11) is 0. The molecule has 1 aromatic carbocycles. The number of nitrogens with zero attached hydrogens (tertiary/aromatic N) is 2. The lowest BCUT2D eigenvalue weighted by molar-refractivity contribution is 0.553. The zero-order valence-electron chi connectivity index (χ0n) is 11.2. The van der Waals surface area contributed by atoms with Gasteiger partial charge < -0.3 is 10.2 Å². The summed E-state index contributed by atoms with van der Waals surface area (Å²) in [5.74, 6) is 1.27. The smallest absolute Gasteiger partial charge is 0.169 e. The van der Waals surface area contributed by atoms with Gasteiger partial charge in [-0.05, 0) is 59.1 Å². The van der Waals surface area contributed by atoms with E-state index in [-0.39, 0.29) is 0 Å². The molecule has 20 heavy (non-hydrogen) atoms. The molecule has 2 aromatic heterocycles. The number of hydrogen-bond acceptors (Lipinski definition) is 3. The fraction of sp³-hybridized carbons (Fsp3) is 0.133. The minimum atomic E-state index is 0.584. The maximum absolute atomic E-state index is 6.08. The highest BCUT2D eigenvalue weighted by molar-refractivity contribution is 9.10. The van der Waals surface area contributed by atoms with Crippen LogP contribution in [0.5, 0.6) is 0 Å². The van der Waals surface area contributed by atoms with Crippen LogP contribution in [-0.4, -0.2) is 9.78 Å². The summed E-state index contributed by atoms with van der Waals surface area (Å²) in [4.78, 5) is 0. The van der Waals surface area contributed by atoms with Gasteiger partial charge in [0.2, 0.25) is 0 Å². The summed E-state index contributed by atoms with van der Waals surface area (Å²) in [5, 5.41) is 4.54. The van der Waals surface area contributed by atoms with Gasteiger partial charge in [-0.3, -0.25) is 0 Å². The first-order valence-corrected chi connectivity index (χ1v) is 7.03. The van der Waals surface area contributed by atoms with Crippen molar-refractivity contribution in [1.29, 1.82) is 0 Å². The minimum Gasteiger partial charge on any atom is -0.448 e. The van der Waals surface area contributed by atoms with Gasteiger partial charge in [-0.2, -0.15) is 5.10 Å². The monoisotopic (exact) mass is 331 g/mol. The van der Waals surface area contributed by atoms with E-state index in [1.165, 1.54) is 5.56 Å². The molecule has 0 amide bonds. The zero-order valence-corrected chi connectivity index (χ0v) is 12.8. The van der Waals surface area contributed by atoms with Crippen molar-refractivity contribution in [2.24, 2.45) is 0 Å². The SMILES string of the molecule is Cc1ccc(C)c(-n2nc(-c3ccc(Br)o3)cc2N)c1. The Morgan fingerprint density at radius 3 is 2.65 bits per heavy atom. The Balaban J connectivity index is 2.11. The van der Waals surface area contributed by atoms with Crippen molar-refractivity contribution in [2.75, 3.05) is 5.73 Å². The lowest BCUT2D eigenvalue weighted by Crippen LogP contribution is -2.03. The van der Waals surface area contributed by atoms with Crippen LogP contribution >= 0.6 is 15.9 Å². The molecule has 0 saturated carbocycles. The third kappa shape index (κ3) is 2.25. The Morgan fingerprint density at radius 2 is 1.95 bits per heavy atom. The summed E-state index contributed by atoms with van der Waals surface area (Å²) < 4.78 is 7.93. The highest BCUT2D eigenvalue weighted by Gasteiger charge is 2.13. The number of benzene rings is 1. The van der Waals surface area contributed by atoms with Crippen molar-refractivity contribution in [3.8, 4) is 17.1 Å². The van der Waals surface area contributed by atoms with E-state index in [4.69, 9.17) is 10.2 Å². The van der Waals surface area contributed by atoms with Crippen LogP contribution in [0.25, 0.3) is 17.1 Å². The molecule has 0 saturated heterocycles. The number of aromatic nitrogens is 2. The Kier molecular flexibility index (Phi) is 3.14. The molecule has 4 nitrogen and oxygen atoms in total. The fourth-order valence-corrected chi connectivity index (χ4v) is 2.42. The number of furan rings is 1. The van der Waals surface area contributed by atoms with Crippen LogP contribution in [0.15, 0.2) is 45.5 Å². The number of nitrogen functional groups attached to an aromatic ring is 1. The first-order chi connectivity index (χ1) is 9.54. The Morgan fingerprint density at radius 1 is 1.15 bits per heavy atom. The second-order valence-corrected chi connectivity index (χ2v) is 5.54. The molecule has 0 aliphatic heterocycles. The number of halogens is 1. The zero-order chi connectivity index (χ0) is 14.3. The van der Waals surface area contributed by atoms with Gasteiger partial charge in [0.1, 0.15) is 11.5 Å². The van der Waals surface area contributed by atoms with Crippen LogP contribution in [0, 0.1) is 13.8 Å². The molecule has 0 aliphatic carbocycles. The average Bonchev–Trinajstić information content (AvgIpc) is 2.99. The number of aryl methyl sites for hydroxylation is 2. The van der Waals surface area contributed by atoms with Crippen molar-refractivity contribution >= 4 is 21.7 Å². The van der Waals surface area contributed by atoms with Gasteiger partial charge in [-0.15, -0.1) is 0 Å². The van der Waals surface area contributed by atoms with Crippen LogP contribution in [0.1, 0.15) is 11.1 Å². The van der Waals surface area contributed by atoms with Gasteiger partial charge in [-0.25, -0.2) is 4.68 Å². The maximum atomic E-state index is 6.08. The number of anilines is 1. The van der Waals surface area contributed by atoms with Crippen molar-refractivity contribution < 1.29 is 4.42 Å². The van der Waals surface area contributed by atoms with E-state index < -0.39 is 0 Å². The summed E-state index contributed by atoms with van der Waals surface area (Å²) in [5.41, 5.74) is 10.1. The van der Waals surface area contributed by atoms with Crippen LogP contribution in [0.2, 0.25) is 0 Å². The van der Waals surface area contributed by atoms with Gasteiger partial charge in [0.05, 0.1) is 5.69 Å². The van der Waals surface area contributed by atoms with E-state index in [2.05, 4.69) is 39.2 Å². The van der Waals surface area contributed by atoms with Gasteiger partial charge in [-0.1, -0.05) is 12.1 Å². The van der Waals surface area contributed by atoms with Crippen molar-refractivity contribution in [2.45, 2.75) is 13.8 Å². The van der Waals surface area contributed by atoms with Gasteiger partial charge in [0.25, 0.3) is 0 Å². The standard InChI is InChI=1S/C15H14BrN3O/c1-9-3-4-10(2)12(7-9)19-15(17)8-11(18-19)13-5-6-14(16)20-13/h3-8H,17H2,1-2H3. The fourth-order valence-electron chi connectivity index (χ4n) is 2.11. The molecule has 0 bridgehead atoms. The predicted molar refractivity (Wildman–Crippen MR) is 82.9 cm³/mol. The van der Waals surface area contributed by atoms with Gasteiger partial charge in [0.15, 0.2) is 10.4 Å². The third-order valence-electron chi connectivity index (χ3n) is 3.16. The third-order valence-corrected chi connectivity index (χ3v) is 3.58. The molecule has 2 N–H and O–H groups in total. The van der Waals surface area contributed by atoms with Crippen LogP contribution in [-0.2, 0) is 0 Å². The molecule has 3 rings (SSSR count).